The third-order valence-corrected chi connectivity index (χ3v) is 8.62. The number of carbonyl (C=O) groups is 3. The summed E-state index contributed by atoms with van der Waals surface area (Å²) in [5.41, 5.74) is -0.964. The van der Waals surface area contributed by atoms with Gasteiger partial charge in [-0.05, 0) is 60.7 Å². The average Bonchev–Trinajstić information content (AvgIpc) is 3.52. The van der Waals surface area contributed by atoms with Crippen LogP contribution in [-0.2, 0) is 26.0 Å². The molecule has 0 bridgehead atoms. The van der Waals surface area contributed by atoms with Gasteiger partial charge in [0.1, 0.15) is 12.7 Å². The number of hydrogen-bond donors (Lipinski definition) is 0. The van der Waals surface area contributed by atoms with E-state index in [9.17, 15) is 24.0 Å². The fourth-order valence-corrected chi connectivity index (χ4v) is 5.77. The van der Waals surface area contributed by atoms with Gasteiger partial charge in [0.05, 0.1) is 16.7 Å². The molecule has 3 aliphatic heterocycles. The zero-order chi connectivity index (χ0) is 37.1. The summed E-state index contributed by atoms with van der Waals surface area (Å²) >= 11 is 6.13. The summed E-state index contributed by atoms with van der Waals surface area (Å²) in [5, 5.41) is 5.05. The van der Waals surface area contributed by atoms with Gasteiger partial charge in [0, 0.05) is 17.6 Å². The van der Waals surface area contributed by atoms with Crippen LogP contribution >= 0.6 is 11.6 Å². The minimum Gasteiger partial charge on any atom is -0.459 e. The highest BCUT2D eigenvalue weighted by atomic mass is 35.5. The van der Waals surface area contributed by atoms with Gasteiger partial charge < -0.3 is 18.9 Å². The number of benzene rings is 4. The van der Waals surface area contributed by atoms with Crippen LogP contribution in [0, 0.1) is 0 Å². The first-order chi connectivity index (χ1) is 25.7. The van der Waals surface area contributed by atoms with Crippen molar-refractivity contribution in [1.29, 1.82) is 0 Å². The van der Waals surface area contributed by atoms with Crippen molar-refractivity contribution in [2.75, 3.05) is 6.61 Å². The molecule has 53 heavy (non-hydrogen) atoms. The highest BCUT2D eigenvalue weighted by molar-refractivity contribution is 6.30. The molecule has 0 radical (unpaired) electrons. The molecule has 4 aromatic carbocycles. The molecule has 4 atom stereocenters. The number of nitrogens with zero attached hydrogens (tertiary/aromatic N) is 5. The number of rotatable bonds is 9. The van der Waals surface area contributed by atoms with Crippen LogP contribution < -0.4 is 11.2 Å². The first kappa shape index (κ1) is 34.9. The molecule has 15 heteroatoms. The summed E-state index contributed by atoms with van der Waals surface area (Å²) < 4.78 is 26.0. The smallest absolute Gasteiger partial charge is 0.352 e. The maximum atomic E-state index is 13.7. The van der Waals surface area contributed by atoms with Gasteiger partial charge in [-0.15, -0.1) is 5.10 Å². The lowest BCUT2D eigenvalue weighted by Gasteiger charge is -2.26. The van der Waals surface area contributed by atoms with Gasteiger partial charge in [-0.2, -0.15) is 4.98 Å². The summed E-state index contributed by atoms with van der Waals surface area (Å²) in [6, 6.07) is 30.7. The molecule has 0 amide bonds. The molecule has 7 rings (SSSR count). The Kier molecular flexibility index (Phi) is 9.88. The van der Waals surface area contributed by atoms with E-state index < -0.39 is 60.3 Å². The lowest BCUT2D eigenvalue weighted by Crippen LogP contribution is -2.42. The zero-order valence-corrected chi connectivity index (χ0v) is 28.5. The highest BCUT2D eigenvalue weighted by Gasteiger charge is 2.52. The number of ether oxygens (including phenoxy) is 4. The number of aromatic nitrogens is 5. The topological polar surface area (TPSA) is 171 Å². The van der Waals surface area contributed by atoms with E-state index in [0.29, 0.717) is 10.6 Å². The summed E-state index contributed by atoms with van der Waals surface area (Å²) in [5.74, 6) is -2.63. The van der Waals surface area contributed by atoms with E-state index >= 15 is 0 Å². The Labute approximate surface area is 305 Å². The van der Waals surface area contributed by atoms with Crippen LogP contribution in [0.2, 0.25) is 5.02 Å². The van der Waals surface area contributed by atoms with Gasteiger partial charge in [-0.1, -0.05) is 66.2 Å². The predicted molar refractivity (Wildman–Crippen MR) is 188 cm³/mol. The van der Waals surface area contributed by atoms with Crippen LogP contribution in [0.4, 0.5) is 0 Å². The Morgan fingerprint density at radius 2 is 1.25 bits per heavy atom. The van der Waals surface area contributed by atoms with E-state index in [1.165, 1.54) is 31.3 Å². The second-order valence-electron chi connectivity index (χ2n) is 11.8. The minimum absolute atomic E-state index is 0.000220. The first-order valence-electron chi connectivity index (χ1n) is 16.2. The minimum atomic E-state index is -1.52. The average molecular weight is 734 g/mol. The molecule has 14 nitrogen and oxygen atoms in total. The molecule has 3 heterocycles. The van der Waals surface area contributed by atoms with E-state index in [1.54, 1.807) is 91.0 Å². The third-order valence-electron chi connectivity index (χ3n) is 8.37. The van der Waals surface area contributed by atoms with Crippen LogP contribution in [-0.4, -0.2) is 67.1 Å². The van der Waals surface area contributed by atoms with Gasteiger partial charge in [0.2, 0.25) is 0 Å². The second kappa shape index (κ2) is 15.0. The maximum absolute atomic E-state index is 13.7. The van der Waals surface area contributed by atoms with Crippen LogP contribution in [0.5, 0.6) is 0 Å². The first-order valence-corrected chi connectivity index (χ1v) is 16.6. The van der Waals surface area contributed by atoms with Crippen LogP contribution in [0.1, 0.15) is 37.3 Å². The molecule has 266 valence electrons. The quantitative estimate of drug-likeness (QED) is 0.152. The molecule has 0 N–H and O–H groups in total. The number of esters is 3. The molecule has 0 unspecified atom stereocenters. The van der Waals surface area contributed by atoms with E-state index in [0.717, 1.165) is 9.25 Å². The lowest BCUT2D eigenvalue weighted by atomic mass is 10.1. The number of fused-ring (bicyclic) bond motifs is 1. The van der Waals surface area contributed by atoms with Gasteiger partial charge >= 0.3 is 23.6 Å². The van der Waals surface area contributed by atoms with Crippen LogP contribution in [0.25, 0.3) is 22.9 Å². The van der Waals surface area contributed by atoms with Crippen molar-refractivity contribution in [3.8, 4) is 22.9 Å². The molecule has 0 saturated carbocycles. The van der Waals surface area contributed by atoms with Crippen molar-refractivity contribution in [3.05, 3.63) is 158 Å². The summed E-state index contributed by atoms with van der Waals surface area (Å²) in [4.78, 5) is 75.3. The molecule has 0 aliphatic carbocycles. The fourth-order valence-electron chi connectivity index (χ4n) is 5.65. The Bertz CT molecular complexity index is 2370. The molecular weight excluding hydrogens is 706 g/mol. The summed E-state index contributed by atoms with van der Waals surface area (Å²) in [7, 11) is 1.25. The molecule has 4 aromatic rings. The molecule has 0 aromatic heterocycles. The zero-order valence-electron chi connectivity index (χ0n) is 27.8. The van der Waals surface area contributed by atoms with Crippen molar-refractivity contribution < 1.29 is 33.3 Å². The normalized spacial score (nSPS) is 18.0. The fraction of sp³-hybridized carbons (Fsp3) is 0.158. The largest absolute Gasteiger partial charge is 0.459 e. The summed E-state index contributed by atoms with van der Waals surface area (Å²) in [6.45, 7) is -0.480. The van der Waals surface area contributed by atoms with Gasteiger partial charge in [0.25, 0.3) is 5.56 Å². The van der Waals surface area contributed by atoms with Gasteiger partial charge in [-0.25, -0.2) is 28.8 Å². The van der Waals surface area contributed by atoms with E-state index in [4.69, 9.17) is 30.5 Å². The summed E-state index contributed by atoms with van der Waals surface area (Å²) in [6.07, 6.45) is -5.74. The monoisotopic (exact) mass is 733 g/mol. The molecule has 3 aliphatic rings. The Balaban J connectivity index is 1.37. The van der Waals surface area contributed by atoms with Gasteiger partial charge in [0.15, 0.2) is 35.8 Å². The lowest BCUT2D eigenvalue weighted by molar-refractivity contribution is -0.0673. The van der Waals surface area contributed by atoms with Crippen LogP contribution in [0.3, 0.4) is 0 Å². The SMILES string of the molecule is Cn1c(=O)nc2n([C@@H]3O[C@H](COC(=O)c4ccccc4)[C@@H](OC(=O)c4ccccc4)[C@H]3OC(=O)c3ccccc3)nc(-c3ccc(Cl)cc3)nc-2c1=O. The molecule has 1 saturated heterocycles. The van der Waals surface area contributed by atoms with Gasteiger partial charge in [-0.3, -0.25) is 9.36 Å². The van der Waals surface area contributed by atoms with Crippen molar-refractivity contribution in [2.24, 2.45) is 7.05 Å². The van der Waals surface area contributed by atoms with E-state index in [-0.39, 0.29) is 34.0 Å². The van der Waals surface area contributed by atoms with Crippen molar-refractivity contribution in [2.45, 2.75) is 24.5 Å². The Morgan fingerprint density at radius 3 is 1.81 bits per heavy atom. The molecule has 0 spiro atoms. The standard InChI is InChI=1S/C38H28ClN5O9/c1-43-33(45)28-32(41-38(43)49)44(42-31(40-28)22-17-19-26(39)20-18-22)34-30(53-37(48)25-15-9-4-10-16-25)29(52-36(47)24-13-7-3-8-14-24)27(51-34)21-50-35(46)23-11-5-2-6-12-23/h2-20,27,29-30,34H,21H2,1H3/t27-,29-,30-,34-/m1/s1. The van der Waals surface area contributed by atoms with E-state index in [2.05, 4.69) is 15.1 Å². The maximum Gasteiger partial charge on any atom is 0.352 e. The van der Waals surface area contributed by atoms with Crippen molar-refractivity contribution in [3.63, 3.8) is 0 Å². The molecule has 1 fully saturated rings. The van der Waals surface area contributed by atoms with Crippen molar-refractivity contribution in [1.82, 2.24) is 24.3 Å². The number of halogens is 1. The van der Waals surface area contributed by atoms with Crippen LogP contribution in [0.15, 0.2) is 125 Å². The molecular formula is C38H28ClN5O9. The predicted octanol–water partition coefficient (Wildman–Crippen LogP) is 4.36. The third kappa shape index (κ3) is 7.31. The highest BCUT2D eigenvalue weighted by Crippen LogP contribution is 2.37. The van der Waals surface area contributed by atoms with Crippen molar-refractivity contribution >= 4 is 29.5 Å². The second-order valence-corrected chi connectivity index (χ2v) is 12.3. The number of carbonyl (C=O) groups excluding carboxylic acids is 3. The van der Waals surface area contributed by atoms with E-state index in [1.807, 2.05) is 0 Å². The Morgan fingerprint density at radius 1 is 0.717 bits per heavy atom. The number of hydrogen-bond acceptors (Lipinski definition) is 12. The Hall–Kier alpha value is -6.51.